The van der Waals surface area contributed by atoms with Crippen LogP contribution >= 0.6 is 0 Å². The van der Waals surface area contributed by atoms with Gasteiger partial charge in [0.15, 0.2) is 5.69 Å². The Bertz CT molecular complexity index is 1820. The molecule has 10 heteroatoms. The Morgan fingerprint density at radius 2 is 1.67 bits per heavy atom. The van der Waals surface area contributed by atoms with Gasteiger partial charge in [-0.15, -0.1) is 0 Å². The van der Waals surface area contributed by atoms with Crippen LogP contribution in [0.4, 0.5) is 5.69 Å². The van der Waals surface area contributed by atoms with Crippen molar-refractivity contribution in [1.82, 2.24) is 24.1 Å². The minimum Gasteiger partial charge on any atom is -0.506 e. The van der Waals surface area contributed by atoms with Crippen molar-refractivity contribution in [3.8, 4) is 22.7 Å². The quantitative estimate of drug-likeness (QED) is 0.331. The number of aryl methyl sites for hydroxylation is 1. The minimum atomic E-state index is -0.541. The molecule has 0 spiro atoms. The molecule has 0 saturated carbocycles. The van der Waals surface area contributed by atoms with Crippen molar-refractivity contribution in [2.24, 2.45) is 12.0 Å². The Morgan fingerprint density at radius 1 is 0.972 bits per heavy atom. The van der Waals surface area contributed by atoms with Crippen molar-refractivity contribution in [3.05, 3.63) is 96.9 Å². The van der Waals surface area contributed by atoms with E-state index in [1.54, 1.807) is 42.9 Å². The summed E-state index contributed by atoms with van der Waals surface area (Å²) in [6, 6.07) is 16.1. The van der Waals surface area contributed by atoms with Crippen LogP contribution in [0.1, 0.15) is 18.2 Å². The third kappa shape index (κ3) is 3.42. The van der Waals surface area contributed by atoms with E-state index in [9.17, 15) is 19.5 Å². The van der Waals surface area contributed by atoms with Gasteiger partial charge in [-0.1, -0.05) is 30.3 Å². The predicted octanol–water partition coefficient (Wildman–Crippen LogP) is 2.96. The Kier molecular flexibility index (Phi) is 5.56. The maximum atomic E-state index is 13.3. The fourth-order valence-electron chi connectivity index (χ4n) is 4.45. The average molecular weight is 485 g/mol. The number of aliphatic imine (C=N–C) groups is 1. The number of nitrogens with one attached hydrogen (secondary N) is 2. The number of aromatic amines is 2. The standard InChI is InChI=1S/C26H24N6O4/c1-4-31-19-13-9-8-12-17(19)23(33)20(25(31)35)22-18(24(34)29-28-22)14-27-21-15(2)30(3)32(26(21)36)16-10-6-5-7-11-16/h5-14,33H,4H2,1-3H3,(H2,28,29,34). The van der Waals surface area contributed by atoms with Gasteiger partial charge in [-0.3, -0.25) is 29.3 Å². The molecule has 2 aromatic carbocycles. The molecule has 0 fully saturated rings. The molecule has 5 aromatic rings. The van der Waals surface area contributed by atoms with Crippen molar-refractivity contribution >= 4 is 22.8 Å². The Hall–Kier alpha value is -4.86. The van der Waals surface area contributed by atoms with Gasteiger partial charge in [0.05, 0.1) is 28.2 Å². The van der Waals surface area contributed by atoms with Gasteiger partial charge in [0, 0.05) is 25.2 Å². The molecule has 0 aliphatic carbocycles. The number of rotatable bonds is 5. The first-order valence-electron chi connectivity index (χ1n) is 11.4. The summed E-state index contributed by atoms with van der Waals surface area (Å²) in [6.07, 6.45) is 1.24. The zero-order chi connectivity index (χ0) is 25.6. The molecular formula is C26H24N6O4. The summed E-state index contributed by atoms with van der Waals surface area (Å²) in [5.41, 5.74) is 0.718. The summed E-state index contributed by atoms with van der Waals surface area (Å²) in [5, 5.41) is 16.7. The number of aromatic nitrogens is 5. The van der Waals surface area contributed by atoms with Gasteiger partial charge in [0.2, 0.25) is 0 Å². The van der Waals surface area contributed by atoms with Crippen LogP contribution in [0.2, 0.25) is 0 Å². The van der Waals surface area contributed by atoms with Crippen LogP contribution in [0.15, 0.2) is 74.0 Å². The molecule has 10 nitrogen and oxygen atoms in total. The van der Waals surface area contributed by atoms with E-state index in [1.165, 1.54) is 15.5 Å². The third-order valence-corrected chi connectivity index (χ3v) is 6.37. The summed E-state index contributed by atoms with van der Waals surface area (Å²) < 4.78 is 4.69. The summed E-state index contributed by atoms with van der Waals surface area (Å²) in [6.45, 7) is 3.95. The lowest BCUT2D eigenvalue weighted by molar-refractivity contribution is 0.481. The van der Waals surface area contributed by atoms with E-state index in [4.69, 9.17) is 0 Å². The van der Waals surface area contributed by atoms with Crippen LogP contribution in [0.3, 0.4) is 0 Å². The highest BCUT2D eigenvalue weighted by Crippen LogP contribution is 2.32. The molecule has 182 valence electrons. The van der Waals surface area contributed by atoms with Gasteiger partial charge in [0.25, 0.3) is 16.7 Å². The van der Waals surface area contributed by atoms with Gasteiger partial charge >= 0.3 is 0 Å². The number of pyridine rings is 1. The Labute approximate surface area is 204 Å². The van der Waals surface area contributed by atoms with Gasteiger partial charge in [0.1, 0.15) is 11.3 Å². The van der Waals surface area contributed by atoms with Crippen LogP contribution < -0.4 is 16.7 Å². The second-order valence-corrected chi connectivity index (χ2v) is 8.33. The molecule has 0 saturated heterocycles. The van der Waals surface area contributed by atoms with E-state index in [2.05, 4.69) is 15.2 Å². The number of hydrogen-bond acceptors (Lipinski definition) is 5. The van der Waals surface area contributed by atoms with Crippen molar-refractivity contribution in [1.29, 1.82) is 0 Å². The van der Waals surface area contributed by atoms with Gasteiger partial charge in [-0.05, 0) is 38.1 Å². The van der Waals surface area contributed by atoms with Crippen LogP contribution in [0.5, 0.6) is 5.75 Å². The van der Waals surface area contributed by atoms with E-state index in [-0.39, 0.29) is 33.8 Å². The second kappa shape index (κ2) is 8.73. The molecule has 0 atom stereocenters. The smallest absolute Gasteiger partial charge is 0.297 e. The maximum absolute atomic E-state index is 13.3. The molecular weight excluding hydrogens is 460 g/mol. The van der Waals surface area contributed by atoms with E-state index in [0.717, 1.165) is 0 Å². The lowest BCUT2D eigenvalue weighted by Crippen LogP contribution is -2.22. The Balaban J connectivity index is 1.69. The van der Waals surface area contributed by atoms with Crippen molar-refractivity contribution in [3.63, 3.8) is 0 Å². The molecule has 0 amide bonds. The molecule has 36 heavy (non-hydrogen) atoms. The van der Waals surface area contributed by atoms with Crippen LogP contribution in [-0.2, 0) is 13.6 Å². The molecule has 3 aromatic heterocycles. The number of aromatic hydroxyl groups is 1. The summed E-state index contributed by atoms with van der Waals surface area (Å²) in [7, 11) is 1.75. The van der Waals surface area contributed by atoms with Crippen molar-refractivity contribution in [2.45, 2.75) is 20.4 Å². The molecule has 0 radical (unpaired) electrons. The zero-order valence-corrected chi connectivity index (χ0v) is 19.9. The summed E-state index contributed by atoms with van der Waals surface area (Å²) in [4.78, 5) is 43.6. The number of para-hydroxylation sites is 2. The fourth-order valence-corrected chi connectivity index (χ4v) is 4.45. The van der Waals surface area contributed by atoms with Crippen LogP contribution in [-0.4, -0.2) is 35.4 Å². The van der Waals surface area contributed by atoms with Crippen LogP contribution in [0.25, 0.3) is 27.8 Å². The average Bonchev–Trinajstić information content (AvgIpc) is 3.34. The first kappa shape index (κ1) is 22.9. The lowest BCUT2D eigenvalue weighted by atomic mass is 10.0. The summed E-state index contributed by atoms with van der Waals surface area (Å²) in [5.74, 6) is -0.243. The minimum absolute atomic E-state index is 0.0225. The SMILES string of the molecule is CCn1c(=O)c(-c2[nH][nH]c(=O)c2C=Nc2c(C)n(C)n(-c3ccccc3)c2=O)c(O)c2ccccc21. The molecule has 0 unspecified atom stereocenters. The zero-order valence-electron chi connectivity index (χ0n) is 19.9. The highest BCUT2D eigenvalue weighted by molar-refractivity contribution is 5.96. The molecule has 0 aliphatic rings. The van der Waals surface area contributed by atoms with Crippen molar-refractivity contribution in [2.75, 3.05) is 0 Å². The first-order valence-corrected chi connectivity index (χ1v) is 11.4. The number of H-pyrrole nitrogens is 2. The first-order chi connectivity index (χ1) is 17.3. The maximum Gasteiger partial charge on any atom is 0.297 e. The predicted molar refractivity (Wildman–Crippen MR) is 139 cm³/mol. The molecule has 5 rings (SSSR count). The topological polar surface area (TPSA) is 130 Å². The van der Waals surface area contributed by atoms with E-state index in [1.807, 2.05) is 37.3 Å². The highest BCUT2D eigenvalue weighted by atomic mass is 16.3. The second-order valence-electron chi connectivity index (χ2n) is 8.33. The van der Waals surface area contributed by atoms with Crippen LogP contribution in [0, 0.1) is 6.92 Å². The largest absolute Gasteiger partial charge is 0.506 e. The molecule has 3 heterocycles. The number of fused-ring (bicyclic) bond motifs is 1. The van der Waals surface area contributed by atoms with Crippen molar-refractivity contribution < 1.29 is 5.11 Å². The van der Waals surface area contributed by atoms with Gasteiger partial charge < -0.3 is 9.67 Å². The fraction of sp³-hybridized carbons (Fsp3) is 0.154. The van der Waals surface area contributed by atoms with Gasteiger partial charge in [-0.25, -0.2) is 9.67 Å². The Morgan fingerprint density at radius 3 is 2.39 bits per heavy atom. The van der Waals surface area contributed by atoms with E-state index < -0.39 is 11.1 Å². The lowest BCUT2D eigenvalue weighted by Gasteiger charge is -2.13. The number of hydrogen-bond donors (Lipinski definition) is 3. The van der Waals surface area contributed by atoms with Gasteiger partial charge in [-0.2, -0.15) is 0 Å². The summed E-state index contributed by atoms with van der Waals surface area (Å²) >= 11 is 0. The molecule has 0 aliphatic heterocycles. The molecule has 3 N–H and O–H groups in total. The normalized spacial score (nSPS) is 11.6. The monoisotopic (exact) mass is 484 g/mol. The third-order valence-electron chi connectivity index (χ3n) is 6.37. The van der Waals surface area contributed by atoms with E-state index >= 15 is 0 Å². The number of benzene rings is 2. The number of nitrogens with zero attached hydrogens (tertiary/aromatic N) is 4. The van der Waals surface area contributed by atoms with E-state index in [0.29, 0.717) is 28.8 Å². The molecule has 0 bridgehead atoms. The highest BCUT2D eigenvalue weighted by Gasteiger charge is 2.22.